The SMILES string of the molecule is NOc1cccc(F)n1. The monoisotopic (exact) mass is 128 g/mol. The summed E-state index contributed by atoms with van der Waals surface area (Å²) in [7, 11) is 0. The van der Waals surface area contributed by atoms with Gasteiger partial charge in [-0.1, -0.05) is 6.07 Å². The Morgan fingerprint density at radius 2 is 2.33 bits per heavy atom. The van der Waals surface area contributed by atoms with Crippen LogP contribution < -0.4 is 10.7 Å². The van der Waals surface area contributed by atoms with Crippen LogP contribution in [0.5, 0.6) is 5.88 Å². The molecule has 0 radical (unpaired) electrons. The highest BCUT2D eigenvalue weighted by Gasteiger charge is 1.92. The van der Waals surface area contributed by atoms with E-state index < -0.39 is 5.95 Å². The molecule has 0 atom stereocenters. The maximum absolute atomic E-state index is 12.1. The molecular formula is C5H5FN2O. The van der Waals surface area contributed by atoms with E-state index in [1.807, 2.05) is 0 Å². The van der Waals surface area contributed by atoms with Crippen molar-refractivity contribution in [2.24, 2.45) is 5.90 Å². The number of pyridine rings is 1. The van der Waals surface area contributed by atoms with E-state index in [0.29, 0.717) is 0 Å². The van der Waals surface area contributed by atoms with E-state index in [2.05, 4.69) is 15.7 Å². The Morgan fingerprint density at radius 1 is 1.56 bits per heavy atom. The second kappa shape index (κ2) is 2.41. The molecule has 3 nitrogen and oxygen atoms in total. The molecule has 0 spiro atoms. The number of hydrogen-bond acceptors (Lipinski definition) is 3. The summed E-state index contributed by atoms with van der Waals surface area (Å²) in [6, 6.07) is 4.14. The first-order valence-corrected chi connectivity index (χ1v) is 2.32. The molecule has 1 rings (SSSR count). The van der Waals surface area contributed by atoms with Gasteiger partial charge in [0.2, 0.25) is 11.8 Å². The maximum Gasteiger partial charge on any atom is 0.240 e. The van der Waals surface area contributed by atoms with Crippen LogP contribution in [0.25, 0.3) is 0 Å². The van der Waals surface area contributed by atoms with Gasteiger partial charge in [0.25, 0.3) is 0 Å². The number of halogens is 1. The molecule has 1 aromatic rings. The van der Waals surface area contributed by atoms with E-state index >= 15 is 0 Å². The van der Waals surface area contributed by atoms with Gasteiger partial charge in [-0.3, -0.25) is 0 Å². The van der Waals surface area contributed by atoms with Crippen LogP contribution in [0.1, 0.15) is 0 Å². The molecule has 0 aromatic carbocycles. The zero-order valence-electron chi connectivity index (χ0n) is 4.54. The van der Waals surface area contributed by atoms with Crippen LogP contribution in [0.2, 0.25) is 0 Å². The minimum atomic E-state index is -0.599. The predicted octanol–water partition coefficient (Wildman–Crippen LogP) is 0.473. The van der Waals surface area contributed by atoms with Gasteiger partial charge in [-0.2, -0.15) is 15.3 Å². The fourth-order valence-corrected chi connectivity index (χ4v) is 0.455. The van der Waals surface area contributed by atoms with Crippen molar-refractivity contribution in [3.63, 3.8) is 0 Å². The van der Waals surface area contributed by atoms with Gasteiger partial charge in [-0.15, -0.1) is 0 Å². The predicted molar refractivity (Wildman–Crippen MR) is 29.0 cm³/mol. The highest BCUT2D eigenvalue weighted by Crippen LogP contribution is 2.02. The van der Waals surface area contributed by atoms with Crippen LogP contribution in [0.15, 0.2) is 18.2 Å². The van der Waals surface area contributed by atoms with E-state index in [4.69, 9.17) is 0 Å². The Bertz CT molecular complexity index is 204. The number of nitrogens with zero attached hydrogens (tertiary/aromatic N) is 1. The smallest absolute Gasteiger partial charge is 0.240 e. The summed E-state index contributed by atoms with van der Waals surface area (Å²) in [5.41, 5.74) is 0. The zero-order valence-corrected chi connectivity index (χ0v) is 4.54. The topological polar surface area (TPSA) is 48.1 Å². The first-order chi connectivity index (χ1) is 4.33. The summed E-state index contributed by atoms with van der Waals surface area (Å²) in [5, 5.41) is 0. The fourth-order valence-electron chi connectivity index (χ4n) is 0.455. The molecule has 0 fully saturated rings. The third kappa shape index (κ3) is 1.36. The third-order valence-corrected chi connectivity index (χ3v) is 0.810. The summed E-state index contributed by atoms with van der Waals surface area (Å²) < 4.78 is 12.1. The third-order valence-electron chi connectivity index (χ3n) is 0.810. The molecule has 1 heterocycles. The molecule has 0 unspecified atom stereocenters. The van der Waals surface area contributed by atoms with E-state index in [-0.39, 0.29) is 5.88 Å². The van der Waals surface area contributed by atoms with Crippen molar-refractivity contribution >= 4 is 0 Å². The Kier molecular flexibility index (Phi) is 1.60. The molecule has 0 saturated carbocycles. The quantitative estimate of drug-likeness (QED) is 0.442. The van der Waals surface area contributed by atoms with Gasteiger partial charge in [0, 0.05) is 6.07 Å². The number of hydrogen-bond donors (Lipinski definition) is 1. The number of rotatable bonds is 1. The normalized spacial score (nSPS) is 9.11. The van der Waals surface area contributed by atoms with Crippen molar-refractivity contribution in [2.75, 3.05) is 0 Å². The second-order valence-electron chi connectivity index (χ2n) is 1.42. The number of nitrogens with two attached hydrogens (primary N) is 1. The van der Waals surface area contributed by atoms with Gasteiger partial charge in [0.05, 0.1) is 0 Å². The van der Waals surface area contributed by atoms with Crippen LogP contribution >= 0.6 is 0 Å². The summed E-state index contributed by atoms with van der Waals surface area (Å²) in [6.07, 6.45) is 0. The van der Waals surface area contributed by atoms with Crippen molar-refractivity contribution in [3.05, 3.63) is 24.1 Å². The lowest BCUT2D eigenvalue weighted by Gasteiger charge is -1.93. The molecule has 0 bridgehead atoms. The van der Waals surface area contributed by atoms with Crippen LogP contribution in [0.3, 0.4) is 0 Å². The minimum Gasteiger partial charge on any atom is -0.391 e. The standard InChI is InChI=1S/C5H5FN2O/c6-4-2-1-3-5(8-4)9-7/h1-3H,7H2. The van der Waals surface area contributed by atoms with Crippen molar-refractivity contribution in [1.82, 2.24) is 4.98 Å². The molecule has 0 saturated heterocycles. The Labute approximate surface area is 51.2 Å². The molecule has 4 heteroatoms. The average Bonchev–Trinajstić information content (AvgIpc) is 1.88. The minimum absolute atomic E-state index is 0.0787. The van der Waals surface area contributed by atoms with Crippen molar-refractivity contribution in [2.45, 2.75) is 0 Å². The molecule has 2 N–H and O–H groups in total. The molecule has 0 aliphatic rings. The Balaban J connectivity index is 2.94. The first kappa shape index (κ1) is 5.97. The maximum atomic E-state index is 12.1. The molecule has 48 valence electrons. The van der Waals surface area contributed by atoms with Crippen LogP contribution in [-0.2, 0) is 0 Å². The van der Waals surface area contributed by atoms with E-state index in [9.17, 15) is 4.39 Å². The molecule has 9 heavy (non-hydrogen) atoms. The average molecular weight is 128 g/mol. The highest BCUT2D eigenvalue weighted by molar-refractivity contribution is 5.09. The van der Waals surface area contributed by atoms with Gasteiger partial charge >= 0.3 is 0 Å². The summed E-state index contributed by atoms with van der Waals surface area (Å²) >= 11 is 0. The summed E-state index contributed by atoms with van der Waals surface area (Å²) in [5.74, 6) is 4.17. The zero-order chi connectivity index (χ0) is 6.69. The second-order valence-corrected chi connectivity index (χ2v) is 1.42. The summed E-state index contributed by atoms with van der Waals surface area (Å²) in [6.45, 7) is 0. The number of aromatic nitrogens is 1. The molecule has 0 aliphatic heterocycles. The highest BCUT2D eigenvalue weighted by atomic mass is 19.1. The van der Waals surface area contributed by atoms with E-state index in [1.54, 1.807) is 0 Å². The van der Waals surface area contributed by atoms with Crippen LogP contribution in [0, 0.1) is 5.95 Å². The lowest BCUT2D eigenvalue weighted by Crippen LogP contribution is -2.03. The largest absolute Gasteiger partial charge is 0.391 e. The summed E-state index contributed by atoms with van der Waals surface area (Å²) in [4.78, 5) is 7.42. The molecule has 1 aromatic heterocycles. The Morgan fingerprint density at radius 3 is 2.78 bits per heavy atom. The lowest BCUT2D eigenvalue weighted by atomic mass is 10.5. The van der Waals surface area contributed by atoms with Gasteiger partial charge in [0.1, 0.15) is 0 Å². The van der Waals surface area contributed by atoms with Crippen molar-refractivity contribution < 1.29 is 9.23 Å². The molecule has 0 aliphatic carbocycles. The van der Waals surface area contributed by atoms with Crippen LogP contribution in [0.4, 0.5) is 4.39 Å². The van der Waals surface area contributed by atoms with Gasteiger partial charge in [-0.25, -0.2) is 0 Å². The van der Waals surface area contributed by atoms with Gasteiger partial charge < -0.3 is 4.84 Å². The van der Waals surface area contributed by atoms with Crippen LogP contribution in [-0.4, -0.2) is 4.98 Å². The lowest BCUT2D eigenvalue weighted by molar-refractivity contribution is 0.315. The van der Waals surface area contributed by atoms with Crippen molar-refractivity contribution in [1.29, 1.82) is 0 Å². The van der Waals surface area contributed by atoms with E-state index in [0.717, 1.165) is 0 Å². The van der Waals surface area contributed by atoms with Crippen molar-refractivity contribution in [3.8, 4) is 5.88 Å². The van der Waals surface area contributed by atoms with Gasteiger partial charge in [-0.05, 0) is 6.07 Å². The Hall–Kier alpha value is -1.16. The van der Waals surface area contributed by atoms with E-state index in [1.165, 1.54) is 18.2 Å². The fraction of sp³-hybridized carbons (Fsp3) is 0. The molecular weight excluding hydrogens is 123 g/mol. The first-order valence-electron chi connectivity index (χ1n) is 2.32. The molecule has 0 amide bonds. The van der Waals surface area contributed by atoms with Gasteiger partial charge in [0.15, 0.2) is 0 Å².